The van der Waals surface area contributed by atoms with Gasteiger partial charge in [0.05, 0.1) is 12.0 Å². The van der Waals surface area contributed by atoms with E-state index in [1.165, 1.54) is 0 Å². The molecule has 1 saturated carbocycles. The van der Waals surface area contributed by atoms with Gasteiger partial charge in [-0.2, -0.15) is 0 Å². The van der Waals surface area contributed by atoms with Gasteiger partial charge in [-0.3, -0.25) is 14.4 Å². The lowest BCUT2D eigenvalue weighted by Gasteiger charge is -2.40. The molecule has 2 aromatic rings. The molecule has 1 aliphatic carbocycles. The lowest BCUT2D eigenvalue weighted by Crippen LogP contribution is -2.46. The highest BCUT2D eigenvalue weighted by molar-refractivity contribution is 6.30. The number of hydrogen-bond acceptors (Lipinski definition) is 3. The van der Waals surface area contributed by atoms with Gasteiger partial charge in [-0.1, -0.05) is 30.2 Å². The van der Waals surface area contributed by atoms with Gasteiger partial charge in [0.2, 0.25) is 11.8 Å². The first kappa shape index (κ1) is 18.9. The molecule has 2 aromatic carbocycles. The molecule has 0 unspecified atom stereocenters. The number of anilines is 1. The largest absolute Gasteiger partial charge is 0.368 e. The monoisotopic (exact) mass is 385 g/mol. The molecule has 7 heteroatoms. The zero-order valence-electron chi connectivity index (χ0n) is 14.6. The number of nitrogens with two attached hydrogens (primary N) is 1. The highest BCUT2D eigenvalue weighted by atomic mass is 35.5. The maximum absolute atomic E-state index is 12.9. The summed E-state index contributed by atoms with van der Waals surface area (Å²) in [6.45, 7) is -0.223. The molecule has 3 amide bonds. The van der Waals surface area contributed by atoms with Crippen LogP contribution in [0.3, 0.4) is 0 Å². The van der Waals surface area contributed by atoms with E-state index in [0.29, 0.717) is 16.3 Å². The molecule has 4 N–H and O–H groups in total. The molecule has 1 aliphatic rings. The van der Waals surface area contributed by atoms with Gasteiger partial charge in [0.1, 0.15) is 0 Å². The number of benzene rings is 2. The fraction of sp³-hybridized carbons (Fsp3) is 0.250. The van der Waals surface area contributed by atoms with Gasteiger partial charge in [0.25, 0.3) is 5.91 Å². The topological polar surface area (TPSA) is 101 Å². The van der Waals surface area contributed by atoms with E-state index in [4.69, 9.17) is 17.3 Å². The van der Waals surface area contributed by atoms with Crippen molar-refractivity contribution in [2.24, 2.45) is 5.73 Å². The van der Waals surface area contributed by atoms with Crippen molar-refractivity contribution in [3.8, 4) is 0 Å². The minimum atomic E-state index is -0.612. The molecule has 0 aliphatic heterocycles. The standard InChI is InChI=1S/C20H20ClN3O3/c21-15-4-1-3-14(11-15)20(9-2-10-20)19(27)24-16-7-5-13(6-8-16)18(26)23-12-17(22)25/h1,3-8,11H,2,9-10,12H2,(H2,22,25)(H,23,26)(H,24,27). The SMILES string of the molecule is NC(=O)CNC(=O)c1ccc(NC(=O)C2(c3cccc(Cl)c3)CCC2)cc1. The number of primary amides is 1. The molecule has 0 aromatic heterocycles. The fourth-order valence-electron chi connectivity index (χ4n) is 3.19. The molecule has 6 nitrogen and oxygen atoms in total. The Labute approximate surface area is 162 Å². The van der Waals surface area contributed by atoms with E-state index in [0.717, 1.165) is 24.8 Å². The molecular formula is C20H20ClN3O3. The zero-order chi connectivity index (χ0) is 19.4. The fourth-order valence-corrected chi connectivity index (χ4v) is 3.38. The molecule has 0 spiro atoms. The zero-order valence-corrected chi connectivity index (χ0v) is 15.4. The van der Waals surface area contributed by atoms with Crippen molar-refractivity contribution < 1.29 is 14.4 Å². The molecule has 140 valence electrons. The van der Waals surface area contributed by atoms with Gasteiger partial charge in [-0.15, -0.1) is 0 Å². The Hall–Kier alpha value is -2.86. The van der Waals surface area contributed by atoms with E-state index in [2.05, 4.69) is 10.6 Å². The van der Waals surface area contributed by atoms with Crippen LogP contribution >= 0.6 is 11.6 Å². The van der Waals surface area contributed by atoms with Crippen LogP contribution in [0.1, 0.15) is 35.2 Å². The number of carbonyl (C=O) groups excluding carboxylic acids is 3. The minimum absolute atomic E-state index is 0.0815. The van der Waals surface area contributed by atoms with Crippen LogP contribution in [-0.4, -0.2) is 24.3 Å². The molecular weight excluding hydrogens is 366 g/mol. The molecule has 3 rings (SSSR count). The number of nitrogens with one attached hydrogen (secondary N) is 2. The summed E-state index contributed by atoms with van der Waals surface area (Å²) in [5.74, 6) is -1.10. The van der Waals surface area contributed by atoms with Gasteiger partial charge in [0.15, 0.2) is 0 Å². The smallest absolute Gasteiger partial charge is 0.251 e. The average Bonchev–Trinajstić information content (AvgIpc) is 2.59. The summed E-state index contributed by atoms with van der Waals surface area (Å²) in [6, 6.07) is 13.9. The van der Waals surface area contributed by atoms with Gasteiger partial charge < -0.3 is 16.4 Å². The van der Waals surface area contributed by atoms with Crippen LogP contribution in [0, 0.1) is 0 Å². The molecule has 1 fully saturated rings. The highest BCUT2D eigenvalue weighted by Crippen LogP contribution is 2.45. The van der Waals surface area contributed by atoms with Crippen LogP contribution in [0.4, 0.5) is 5.69 Å². The quantitative estimate of drug-likeness (QED) is 0.712. The van der Waals surface area contributed by atoms with Gasteiger partial charge in [0, 0.05) is 16.3 Å². The lowest BCUT2D eigenvalue weighted by molar-refractivity contribution is -0.124. The summed E-state index contributed by atoms with van der Waals surface area (Å²) in [5, 5.41) is 5.95. The molecule has 0 radical (unpaired) electrons. The first-order valence-electron chi connectivity index (χ1n) is 8.65. The number of carbonyl (C=O) groups is 3. The number of rotatable bonds is 6. The highest BCUT2D eigenvalue weighted by Gasteiger charge is 2.45. The van der Waals surface area contributed by atoms with Crippen molar-refractivity contribution in [2.45, 2.75) is 24.7 Å². The van der Waals surface area contributed by atoms with E-state index in [1.807, 2.05) is 18.2 Å². The minimum Gasteiger partial charge on any atom is -0.368 e. The molecule has 27 heavy (non-hydrogen) atoms. The summed E-state index contributed by atoms with van der Waals surface area (Å²) >= 11 is 6.09. The van der Waals surface area contributed by atoms with E-state index in [9.17, 15) is 14.4 Å². The second kappa shape index (κ2) is 7.80. The van der Waals surface area contributed by atoms with Crippen LogP contribution in [0.5, 0.6) is 0 Å². The molecule has 0 saturated heterocycles. The van der Waals surface area contributed by atoms with E-state index in [-0.39, 0.29) is 12.5 Å². The Bertz CT molecular complexity index is 876. The van der Waals surface area contributed by atoms with E-state index >= 15 is 0 Å². The summed E-state index contributed by atoms with van der Waals surface area (Å²) in [4.78, 5) is 35.6. The third kappa shape index (κ3) is 4.11. The van der Waals surface area contributed by atoms with Crippen LogP contribution in [0.2, 0.25) is 5.02 Å². The third-order valence-electron chi connectivity index (χ3n) is 4.85. The predicted molar refractivity (Wildman–Crippen MR) is 104 cm³/mol. The Balaban J connectivity index is 1.70. The number of amides is 3. The van der Waals surface area contributed by atoms with Crippen molar-refractivity contribution in [1.29, 1.82) is 0 Å². The van der Waals surface area contributed by atoms with Gasteiger partial charge in [-0.25, -0.2) is 0 Å². The first-order valence-corrected chi connectivity index (χ1v) is 9.02. The van der Waals surface area contributed by atoms with Crippen molar-refractivity contribution in [1.82, 2.24) is 5.32 Å². The summed E-state index contributed by atoms with van der Waals surface area (Å²) in [6.07, 6.45) is 2.53. The van der Waals surface area contributed by atoms with E-state index in [1.54, 1.807) is 30.3 Å². The average molecular weight is 386 g/mol. The summed E-state index contributed by atoms with van der Waals surface area (Å²) in [5.41, 5.74) is 6.33. The Morgan fingerprint density at radius 3 is 2.33 bits per heavy atom. The van der Waals surface area contributed by atoms with Crippen LogP contribution in [-0.2, 0) is 15.0 Å². The maximum atomic E-state index is 12.9. The van der Waals surface area contributed by atoms with Crippen molar-refractivity contribution in [3.63, 3.8) is 0 Å². The van der Waals surface area contributed by atoms with Crippen LogP contribution in [0.15, 0.2) is 48.5 Å². The van der Waals surface area contributed by atoms with Gasteiger partial charge >= 0.3 is 0 Å². The summed E-state index contributed by atoms with van der Waals surface area (Å²) < 4.78 is 0. The van der Waals surface area contributed by atoms with E-state index < -0.39 is 17.2 Å². The third-order valence-corrected chi connectivity index (χ3v) is 5.08. The normalized spacial score (nSPS) is 14.7. The molecule has 0 bridgehead atoms. The maximum Gasteiger partial charge on any atom is 0.251 e. The number of hydrogen-bond donors (Lipinski definition) is 3. The first-order chi connectivity index (χ1) is 12.9. The Morgan fingerprint density at radius 1 is 1.07 bits per heavy atom. The second-order valence-electron chi connectivity index (χ2n) is 6.63. The molecule has 0 heterocycles. The Morgan fingerprint density at radius 2 is 1.78 bits per heavy atom. The van der Waals surface area contributed by atoms with Crippen LogP contribution < -0.4 is 16.4 Å². The van der Waals surface area contributed by atoms with Crippen LogP contribution in [0.25, 0.3) is 0 Å². The van der Waals surface area contributed by atoms with Gasteiger partial charge in [-0.05, 0) is 54.8 Å². The Kier molecular flexibility index (Phi) is 5.46. The van der Waals surface area contributed by atoms with Crippen molar-refractivity contribution in [2.75, 3.05) is 11.9 Å². The van der Waals surface area contributed by atoms with Crippen molar-refractivity contribution >= 4 is 35.0 Å². The lowest BCUT2D eigenvalue weighted by atomic mass is 9.64. The summed E-state index contributed by atoms with van der Waals surface area (Å²) in [7, 11) is 0. The van der Waals surface area contributed by atoms with Crippen molar-refractivity contribution in [3.05, 3.63) is 64.7 Å². The predicted octanol–water partition coefficient (Wildman–Crippen LogP) is 2.62. The molecule has 0 atom stereocenters. The second-order valence-corrected chi connectivity index (χ2v) is 7.06. The number of halogens is 1.